The summed E-state index contributed by atoms with van der Waals surface area (Å²) in [4.78, 5) is 6.94. The molecular formula is C16H34N4. The van der Waals surface area contributed by atoms with Crippen molar-refractivity contribution >= 4 is 5.96 Å². The molecule has 0 saturated carbocycles. The minimum Gasteiger partial charge on any atom is -0.355 e. The molecule has 1 saturated heterocycles. The van der Waals surface area contributed by atoms with E-state index in [-0.39, 0.29) is 0 Å². The molecule has 1 fully saturated rings. The number of likely N-dealkylation sites (tertiary alicyclic amines) is 1. The molecule has 1 heterocycles. The van der Waals surface area contributed by atoms with E-state index in [1.807, 2.05) is 7.05 Å². The summed E-state index contributed by atoms with van der Waals surface area (Å²) in [6.07, 6.45) is 4.06. The third-order valence-electron chi connectivity index (χ3n) is 4.57. The molecule has 118 valence electrons. The molecule has 0 aromatic rings. The smallest absolute Gasteiger partial charge is 0.191 e. The van der Waals surface area contributed by atoms with E-state index in [1.54, 1.807) is 0 Å². The maximum Gasteiger partial charge on any atom is 0.191 e. The Labute approximate surface area is 125 Å². The van der Waals surface area contributed by atoms with Crippen LogP contribution in [0.15, 0.2) is 4.99 Å². The van der Waals surface area contributed by atoms with Gasteiger partial charge in [-0.2, -0.15) is 0 Å². The van der Waals surface area contributed by atoms with Crippen LogP contribution in [0.5, 0.6) is 0 Å². The Morgan fingerprint density at radius 2 is 1.95 bits per heavy atom. The topological polar surface area (TPSA) is 39.7 Å². The van der Waals surface area contributed by atoms with E-state index in [2.05, 4.69) is 55.1 Å². The first-order valence-electron chi connectivity index (χ1n) is 8.18. The second-order valence-electron chi connectivity index (χ2n) is 6.56. The van der Waals surface area contributed by atoms with Crippen molar-refractivity contribution in [2.75, 3.05) is 20.1 Å². The maximum absolute atomic E-state index is 4.32. The Morgan fingerprint density at radius 3 is 2.50 bits per heavy atom. The molecule has 2 N–H and O–H groups in total. The largest absolute Gasteiger partial charge is 0.355 e. The van der Waals surface area contributed by atoms with E-state index >= 15 is 0 Å². The van der Waals surface area contributed by atoms with Gasteiger partial charge in [0, 0.05) is 31.7 Å². The molecule has 3 atom stereocenters. The monoisotopic (exact) mass is 282 g/mol. The van der Waals surface area contributed by atoms with E-state index in [1.165, 1.54) is 25.8 Å². The zero-order valence-corrected chi connectivity index (χ0v) is 14.2. The quantitative estimate of drug-likeness (QED) is 0.601. The lowest BCUT2D eigenvalue weighted by molar-refractivity contribution is 0.115. The van der Waals surface area contributed by atoms with Gasteiger partial charge < -0.3 is 10.6 Å². The van der Waals surface area contributed by atoms with E-state index in [0.717, 1.165) is 12.5 Å². The Bertz CT molecular complexity index is 301. The highest BCUT2D eigenvalue weighted by Crippen LogP contribution is 2.18. The Balaban J connectivity index is 2.39. The Kier molecular flexibility index (Phi) is 7.35. The summed E-state index contributed by atoms with van der Waals surface area (Å²) in [7, 11) is 1.84. The number of rotatable bonds is 5. The van der Waals surface area contributed by atoms with Crippen LogP contribution in [0.3, 0.4) is 0 Å². The molecule has 0 amide bonds. The third-order valence-corrected chi connectivity index (χ3v) is 4.57. The van der Waals surface area contributed by atoms with Gasteiger partial charge in [-0.1, -0.05) is 20.3 Å². The van der Waals surface area contributed by atoms with Crippen LogP contribution in [-0.2, 0) is 0 Å². The van der Waals surface area contributed by atoms with Gasteiger partial charge in [-0.15, -0.1) is 0 Å². The predicted octanol–water partition coefficient (Wildman–Crippen LogP) is 2.46. The maximum atomic E-state index is 4.32. The van der Waals surface area contributed by atoms with Crippen LogP contribution in [-0.4, -0.2) is 49.1 Å². The first kappa shape index (κ1) is 17.3. The highest BCUT2D eigenvalue weighted by molar-refractivity contribution is 5.79. The van der Waals surface area contributed by atoms with Gasteiger partial charge in [0.05, 0.1) is 0 Å². The summed E-state index contributed by atoms with van der Waals surface area (Å²) < 4.78 is 0. The molecule has 4 nitrogen and oxygen atoms in total. The van der Waals surface area contributed by atoms with Crippen LogP contribution in [0, 0.1) is 5.92 Å². The number of nitrogens with one attached hydrogen (secondary N) is 2. The molecule has 0 spiro atoms. The molecule has 0 aromatic carbocycles. The van der Waals surface area contributed by atoms with Gasteiger partial charge >= 0.3 is 0 Å². The highest BCUT2D eigenvalue weighted by atomic mass is 15.2. The zero-order valence-electron chi connectivity index (χ0n) is 14.2. The van der Waals surface area contributed by atoms with Crippen molar-refractivity contribution in [3.8, 4) is 0 Å². The minimum atomic E-state index is 0.436. The minimum absolute atomic E-state index is 0.436. The fourth-order valence-electron chi connectivity index (χ4n) is 2.71. The summed E-state index contributed by atoms with van der Waals surface area (Å²) in [6, 6.07) is 1.70. The fraction of sp³-hybridized carbons (Fsp3) is 0.938. The number of hydrogen-bond donors (Lipinski definition) is 2. The van der Waals surface area contributed by atoms with Gasteiger partial charge in [0.15, 0.2) is 5.96 Å². The Hall–Kier alpha value is -0.770. The van der Waals surface area contributed by atoms with Crippen LogP contribution >= 0.6 is 0 Å². The third kappa shape index (κ3) is 5.31. The second kappa shape index (κ2) is 8.50. The van der Waals surface area contributed by atoms with Crippen LogP contribution in [0.4, 0.5) is 0 Å². The lowest BCUT2D eigenvalue weighted by atomic mass is 10.0. The van der Waals surface area contributed by atoms with Crippen LogP contribution in [0.2, 0.25) is 0 Å². The van der Waals surface area contributed by atoms with Crippen molar-refractivity contribution in [3.63, 3.8) is 0 Å². The van der Waals surface area contributed by atoms with Crippen LogP contribution < -0.4 is 10.6 Å². The van der Waals surface area contributed by atoms with Crippen molar-refractivity contribution < 1.29 is 0 Å². The molecule has 1 aliphatic heterocycles. The molecule has 3 unspecified atom stereocenters. The molecule has 4 heteroatoms. The average molecular weight is 282 g/mol. The van der Waals surface area contributed by atoms with Crippen LogP contribution in [0.25, 0.3) is 0 Å². The van der Waals surface area contributed by atoms with Crippen molar-refractivity contribution in [1.29, 1.82) is 0 Å². The van der Waals surface area contributed by atoms with E-state index < -0.39 is 0 Å². The predicted molar refractivity (Wildman–Crippen MR) is 88.3 cm³/mol. The molecule has 1 aliphatic rings. The van der Waals surface area contributed by atoms with Crippen molar-refractivity contribution in [2.24, 2.45) is 10.9 Å². The van der Waals surface area contributed by atoms with Gasteiger partial charge in [0.2, 0.25) is 0 Å². The highest BCUT2D eigenvalue weighted by Gasteiger charge is 2.23. The van der Waals surface area contributed by atoms with Crippen LogP contribution in [0.1, 0.15) is 53.9 Å². The standard InChI is InChI=1S/C16H34N4/c1-12(2)15(5)19-16(17-6)18-11-14(4)20-10-8-7-9-13(20)3/h12-15H,7-11H2,1-6H3,(H2,17,18,19). The van der Waals surface area contributed by atoms with Crippen molar-refractivity contribution in [3.05, 3.63) is 0 Å². The number of piperidine rings is 1. The van der Waals surface area contributed by atoms with Gasteiger partial charge in [0.25, 0.3) is 0 Å². The lowest BCUT2D eigenvalue weighted by Crippen LogP contribution is -2.51. The Morgan fingerprint density at radius 1 is 1.25 bits per heavy atom. The number of hydrogen-bond acceptors (Lipinski definition) is 2. The van der Waals surface area contributed by atoms with E-state index in [0.29, 0.717) is 24.0 Å². The van der Waals surface area contributed by atoms with Gasteiger partial charge in [0.1, 0.15) is 0 Å². The molecule has 20 heavy (non-hydrogen) atoms. The second-order valence-corrected chi connectivity index (χ2v) is 6.56. The fourth-order valence-corrected chi connectivity index (χ4v) is 2.71. The first-order valence-corrected chi connectivity index (χ1v) is 8.18. The normalized spacial score (nSPS) is 24.6. The molecule has 0 bridgehead atoms. The molecule has 0 aromatic heterocycles. The SMILES string of the molecule is CN=C(NCC(C)N1CCCCC1C)NC(C)C(C)C. The number of nitrogens with zero attached hydrogens (tertiary/aromatic N) is 2. The summed E-state index contributed by atoms with van der Waals surface area (Å²) in [5.41, 5.74) is 0. The van der Waals surface area contributed by atoms with Gasteiger partial charge in [-0.25, -0.2) is 0 Å². The summed E-state index contributed by atoms with van der Waals surface area (Å²) in [5.74, 6) is 1.52. The molecule has 0 radical (unpaired) electrons. The lowest BCUT2D eigenvalue weighted by Gasteiger charge is -2.38. The number of aliphatic imine (C=N–C) groups is 1. The van der Waals surface area contributed by atoms with E-state index in [4.69, 9.17) is 0 Å². The van der Waals surface area contributed by atoms with Gasteiger partial charge in [-0.05, 0) is 46.1 Å². The molecule has 1 rings (SSSR count). The first-order chi connectivity index (χ1) is 9.45. The molecule has 0 aliphatic carbocycles. The number of guanidine groups is 1. The molecular weight excluding hydrogens is 248 g/mol. The van der Waals surface area contributed by atoms with Gasteiger partial charge in [-0.3, -0.25) is 9.89 Å². The summed E-state index contributed by atoms with van der Waals surface area (Å²) in [5, 5.41) is 6.93. The zero-order chi connectivity index (χ0) is 15.1. The van der Waals surface area contributed by atoms with Crippen molar-refractivity contribution in [2.45, 2.75) is 72.0 Å². The summed E-state index contributed by atoms with van der Waals surface area (Å²) in [6.45, 7) is 13.5. The van der Waals surface area contributed by atoms with Crippen molar-refractivity contribution in [1.82, 2.24) is 15.5 Å². The summed E-state index contributed by atoms with van der Waals surface area (Å²) >= 11 is 0. The van der Waals surface area contributed by atoms with E-state index in [9.17, 15) is 0 Å². The average Bonchev–Trinajstić information content (AvgIpc) is 2.43.